The molecule has 27 atom stereocenters. The molecule has 738 valence electrons. The van der Waals surface area contributed by atoms with E-state index in [2.05, 4.69) is 61.1 Å². The maximum absolute atomic E-state index is 4.19. The van der Waals surface area contributed by atoms with E-state index in [1.165, 1.54) is 12.8 Å². The average Bonchev–Trinajstić information content (AvgIpc) is 0.703. The summed E-state index contributed by atoms with van der Waals surface area (Å²) in [6.07, 6.45) is 119. The van der Waals surface area contributed by atoms with Gasteiger partial charge in [-0.1, -0.05) is 337 Å². The first kappa shape index (κ1) is 93.3. The van der Waals surface area contributed by atoms with E-state index in [0.717, 1.165) is 262 Å². The molecule has 24 aliphatic rings. The van der Waals surface area contributed by atoms with Gasteiger partial charge in [0.25, 0.3) is 0 Å². The van der Waals surface area contributed by atoms with Crippen LogP contribution in [0, 0.1) is 177 Å². The molecule has 24 rings (SSSR count). The van der Waals surface area contributed by atoms with Gasteiger partial charge >= 0.3 is 0 Å². The number of hydrogen-bond acceptors (Lipinski definition) is 4. The summed E-state index contributed by atoms with van der Waals surface area (Å²) in [6.45, 7) is 17.5. The summed E-state index contributed by atoms with van der Waals surface area (Å²) < 4.78 is 0. The summed E-state index contributed by atoms with van der Waals surface area (Å²) in [7, 11) is 0. The standard InChI is InChI=1S/C126H211BN4/c1-125(2,3)98-69-93-55-56-94-70-99(126(4,5)6)78-111-106(76-97(71-98)120(93)121(94)111)92-61-68-116-113(77-92)127-112-67-66-102(129-114-53-33-31-51-104(114)105-52-32-34-54-115(105)129)79-117(112)131(124-109(90-47-27-13-28-48-90)74-96(85-41-21-10-22-42-85)75-110(124)91-49-29-14-30-50-91)119-81-103(128(100-62-57-86(58-63-100)82-35-15-7-16-36-82)101-64-59-87(60-65-101)83-37-17-8-18-38-83)80-118(122(119)127)130(116)123-107(88-43-23-11-24-44-88)72-95(84-39-19-9-20-40-84)73-108(123)89-45-25-12-26-46-89/h82-124H,7-81H2,1-6H3. The lowest BCUT2D eigenvalue weighted by molar-refractivity contribution is -0.159. The summed E-state index contributed by atoms with van der Waals surface area (Å²) in [4.78, 5) is 15.9. The third kappa shape index (κ3) is 18.3. The summed E-state index contributed by atoms with van der Waals surface area (Å²) in [5.74, 6) is 30.5. The molecule has 0 aromatic carbocycles. The van der Waals surface area contributed by atoms with Gasteiger partial charge in [-0.25, -0.2) is 0 Å². The van der Waals surface area contributed by atoms with Gasteiger partial charge in [-0.3, -0.25) is 19.6 Å². The van der Waals surface area contributed by atoms with Gasteiger partial charge in [-0.15, -0.1) is 0 Å². The van der Waals surface area contributed by atoms with Crippen molar-refractivity contribution in [2.75, 3.05) is 0 Å². The fourth-order valence-corrected chi connectivity index (χ4v) is 46.4. The summed E-state index contributed by atoms with van der Waals surface area (Å²) in [5, 5.41) is 0. The van der Waals surface area contributed by atoms with Gasteiger partial charge in [0, 0.05) is 72.5 Å². The Morgan fingerprint density at radius 2 is 0.534 bits per heavy atom. The number of hydrogen-bond donors (Lipinski definition) is 0. The van der Waals surface area contributed by atoms with Crippen molar-refractivity contribution in [1.82, 2.24) is 19.6 Å². The molecular formula is C126H211BN4. The Labute approximate surface area is 810 Å². The van der Waals surface area contributed by atoms with Crippen LogP contribution in [0.5, 0.6) is 0 Å². The largest absolute Gasteiger partial charge is 0.295 e. The number of rotatable bonds is 15. The van der Waals surface area contributed by atoms with E-state index in [9.17, 15) is 0 Å². The van der Waals surface area contributed by atoms with Crippen LogP contribution in [-0.2, 0) is 0 Å². The van der Waals surface area contributed by atoms with Gasteiger partial charge < -0.3 is 0 Å². The minimum Gasteiger partial charge on any atom is -0.295 e. The molecule has 0 radical (unpaired) electrons. The van der Waals surface area contributed by atoms with Gasteiger partial charge in [0.05, 0.1) is 0 Å². The molecule has 0 aromatic heterocycles. The minimum atomic E-state index is 0.420. The summed E-state index contributed by atoms with van der Waals surface area (Å²) >= 11 is 0. The molecule has 3 saturated heterocycles. The molecule has 21 saturated carbocycles. The van der Waals surface area contributed by atoms with Crippen molar-refractivity contribution in [1.29, 1.82) is 0 Å². The van der Waals surface area contributed by atoms with Crippen LogP contribution in [0.15, 0.2) is 0 Å². The van der Waals surface area contributed by atoms with Gasteiger partial charge in [-0.2, -0.15) is 0 Å². The highest BCUT2D eigenvalue weighted by atomic mass is 15.3. The van der Waals surface area contributed by atoms with Crippen LogP contribution in [0.2, 0.25) is 17.5 Å². The molecule has 0 aromatic rings. The zero-order valence-corrected chi connectivity index (χ0v) is 87.2. The van der Waals surface area contributed by atoms with Crippen LogP contribution >= 0.6 is 0 Å². The van der Waals surface area contributed by atoms with Crippen LogP contribution in [-0.4, -0.2) is 98.8 Å². The highest BCUT2D eigenvalue weighted by Gasteiger charge is 2.71. The molecule has 0 bridgehead atoms. The van der Waals surface area contributed by atoms with Gasteiger partial charge in [0.15, 0.2) is 6.71 Å². The third-order valence-corrected chi connectivity index (χ3v) is 51.7. The molecule has 5 heteroatoms. The molecule has 24 fully saturated rings. The van der Waals surface area contributed by atoms with Crippen LogP contribution in [0.4, 0.5) is 0 Å². The van der Waals surface area contributed by atoms with E-state index in [0.29, 0.717) is 10.8 Å². The SMILES string of the molecule is CC(C)(C)C1CC2CCC3CC(C(C)(C)C)CC4C(C5CCC6C(C5)B5C7CCC(N8C9CCCCC9C9CCCCC98)CC7N(C7C(C8CCCCC8)CC(C8CCCCC8)CC7C7CCCCC7)C7CC(N(C8CCC(C9CCCCC9)CC8)C8CCC(C9CCCCC9)CC8)CC(C57)N6C5C(C6CCCCC6)CC(C6CCCCC6)CC5C5CCCCC5)CC(C1)C2C34. The van der Waals surface area contributed by atoms with Gasteiger partial charge in [-0.05, 0) is 380 Å². The summed E-state index contributed by atoms with van der Waals surface area (Å²) in [5.41, 5.74) is 0.855. The maximum atomic E-state index is 4.19. The first-order valence-electron chi connectivity index (χ1n) is 63.3. The molecule has 4 nitrogen and oxygen atoms in total. The predicted molar refractivity (Wildman–Crippen MR) is 553 cm³/mol. The Hall–Kier alpha value is -0.0951. The highest BCUT2D eigenvalue weighted by Crippen LogP contribution is 2.73. The van der Waals surface area contributed by atoms with E-state index < -0.39 is 0 Å². The molecule has 3 aliphatic heterocycles. The number of nitrogens with zero attached hydrogens (tertiary/aromatic N) is 4. The monoisotopic (exact) mass is 1790 g/mol. The topological polar surface area (TPSA) is 13.0 Å². The first-order valence-corrected chi connectivity index (χ1v) is 63.3. The number of likely N-dealkylation sites (tertiary alicyclic amines) is 1. The minimum absolute atomic E-state index is 0.420. The predicted octanol–water partition coefficient (Wildman–Crippen LogP) is 34.2. The van der Waals surface area contributed by atoms with Crippen LogP contribution in [0.3, 0.4) is 0 Å². The van der Waals surface area contributed by atoms with E-state index >= 15 is 0 Å². The molecule has 27 unspecified atom stereocenters. The molecule has 0 amide bonds. The number of fused-ring (bicyclic) bond motifs is 7. The van der Waals surface area contributed by atoms with Crippen molar-refractivity contribution in [2.24, 2.45) is 177 Å². The normalized spacial score (nSPS) is 48.5. The van der Waals surface area contributed by atoms with Crippen LogP contribution < -0.4 is 0 Å². The van der Waals surface area contributed by atoms with E-state index in [1.54, 1.807) is 469 Å². The zero-order valence-electron chi connectivity index (χ0n) is 87.2. The molecular weight excluding hydrogens is 1580 g/mol. The Balaban J connectivity index is 0.715. The van der Waals surface area contributed by atoms with Crippen LogP contribution in [0.1, 0.15) is 523 Å². The maximum Gasteiger partial charge on any atom is 0.156 e. The second-order valence-electron chi connectivity index (χ2n) is 58.8. The van der Waals surface area contributed by atoms with Crippen LogP contribution in [0.25, 0.3) is 0 Å². The lowest BCUT2D eigenvalue weighted by Crippen LogP contribution is -2.78. The lowest BCUT2D eigenvalue weighted by atomic mass is 9.18. The Kier molecular flexibility index (Phi) is 28.8. The Morgan fingerprint density at radius 3 is 0.962 bits per heavy atom. The van der Waals surface area contributed by atoms with Crippen molar-refractivity contribution < 1.29 is 0 Å². The average molecular weight is 1790 g/mol. The second-order valence-corrected chi connectivity index (χ2v) is 58.8. The molecule has 3 heterocycles. The molecule has 131 heavy (non-hydrogen) atoms. The van der Waals surface area contributed by atoms with Crippen molar-refractivity contribution in [3.8, 4) is 0 Å². The highest BCUT2D eigenvalue weighted by molar-refractivity contribution is 6.65. The Bertz CT molecular complexity index is 3460. The molecule has 0 spiro atoms. The second kappa shape index (κ2) is 40.5. The van der Waals surface area contributed by atoms with Gasteiger partial charge in [0.1, 0.15) is 0 Å². The summed E-state index contributed by atoms with van der Waals surface area (Å²) in [6, 6.07) is 9.96. The van der Waals surface area contributed by atoms with E-state index in [-0.39, 0.29) is 0 Å². The molecule has 21 aliphatic carbocycles. The molecule has 0 N–H and O–H groups in total. The van der Waals surface area contributed by atoms with E-state index in [4.69, 9.17) is 0 Å². The van der Waals surface area contributed by atoms with Crippen molar-refractivity contribution in [3.05, 3.63) is 0 Å². The Morgan fingerprint density at radius 1 is 0.191 bits per heavy atom. The zero-order chi connectivity index (χ0) is 87.7. The van der Waals surface area contributed by atoms with Crippen molar-refractivity contribution >= 4 is 6.71 Å². The van der Waals surface area contributed by atoms with Crippen molar-refractivity contribution in [2.45, 2.75) is 613 Å². The van der Waals surface area contributed by atoms with E-state index in [1.807, 2.05) is 0 Å². The lowest BCUT2D eigenvalue weighted by Gasteiger charge is -2.73. The first-order chi connectivity index (χ1) is 64.2. The van der Waals surface area contributed by atoms with Crippen molar-refractivity contribution in [3.63, 3.8) is 0 Å². The fourth-order valence-electron chi connectivity index (χ4n) is 46.4. The third-order valence-electron chi connectivity index (χ3n) is 51.7. The fraction of sp³-hybridized carbons (Fsp3) is 1.00. The van der Waals surface area contributed by atoms with Gasteiger partial charge in [0.2, 0.25) is 0 Å². The smallest absolute Gasteiger partial charge is 0.156 e. The quantitative estimate of drug-likeness (QED) is 0.152.